The molecule has 2 nitrogen and oxygen atoms in total. The van der Waals surface area contributed by atoms with Gasteiger partial charge in [0.15, 0.2) is 0 Å². The lowest BCUT2D eigenvalue weighted by Crippen LogP contribution is -2.33. The van der Waals surface area contributed by atoms with E-state index in [0.29, 0.717) is 0 Å². The Morgan fingerprint density at radius 2 is 2.28 bits per heavy atom. The Morgan fingerprint density at radius 1 is 1.44 bits per heavy atom. The van der Waals surface area contributed by atoms with Crippen molar-refractivity contribution in [3.63, 3.8) is 0 Å². The molecule has 0 aromatic heterocycles. The minimum absolute atomic E-state index is 0.0820. The van der Waals surface area contributed by atoms with E-state index < -0.39 is 0 Å². The van der Waals surface area contributed by atoms with Crippen LogP contribution >= 0.6 is 11.6 Å². The van der Waals surface area contributed by atoms with E-state index in [-0.39, 0.29) is 5.54 Å². The molecule has 2 aliphatic rings. The van der Waals surface area contributed by atoms with Crippen molar-refractivity contribution < 1.29 is 4.74 Å². The smallest absolute Gasteiger partial charge is 0.137 e. The zero-order valence-corrected chi connectivity index (χ0v) is 11.6. The van der Waals surface area contributed by atoms with Crippen LogP contribution in [0.4, 0.5) is 0 Å². The van der Waals surface area contributed by atoms with E-state index in [0.717, 1.165) is 29.8 Å². The summed E-state index contributed by atoms with van der Waals surface area (Å²) < 4.78 is 5.76. The van der Waals surface area contributed by atoms with E-state index >= 15 is 0 Å². The maximum absolute atomic E-state index is 6.32. The first-order chi connectivity index (χ1) is 8.67. The number of nitrogens with one attached hydrogen (secondary N) is 1. The van der Waals surface area contributed by atoms with Crippen molar-refractivity contribution in [3.8, 4) is 5.75 Å². The average Bonchev–Trinajstić information content (AvgIpc) is 3.08. The highest BCUT2D eigenvalue weighted by atomic mass is 35.5. The van der Waals surface area contributed by atoms with Gasteiger partial charge in [0, 0.05) is 5.54 Å². The molecule has 3 heteroatoms. The van der Waals surface area contributed by atoms with E-state index in [1.54, 1.807) is 0 Å². The van der Waals surface area contributed by atoms with E-state index in [1.807, 2.05) is 6.07 Å². The molecule has 0 amide bonds. The molecule has 1 aliphatic heterocycles. The van der Waals surface area contributed by atoms with Crippen molar-refractivity contribution in [1.29, 1.82) is 0 Å². The highest BCUT2D eigenvalue weighted by Gasteiger charge is 2.30. The van der Waals surface area contributed by atoms with Crippen molar-refractivity contribution in [2.24, 2.45) is 5.92 Å². The number of hydrogen-bond donors (Lipinski definition) is 1. The predicted molar refractivity (Wildman–Crippen MR) is 74.3 cm³/mol. The lowest BCUT2D eigenvalue weighted by molar-refractivity contribution is 0.299. The fourth-order valence-corrected chi connectivity index (χ4v) is 2.83. The first kappa shape index (κ1) is 12.3. The van der Waals surface area contributed by atoms with Gasteiger partial charge in [-0.1, -0.05) is 17.7 Å². The zero-order chi connectivity index (χ0) is 12.6. The summed E-state index contributed by atoms with van der Waals surface area (Å²) in [5.74, 6) is 1.59. The Hall–Kier alpha value is -0.730. The molecule has 0 spiro atoms. The van der Waals surface area contributed by atoms with Gasteiger partial charge in [0.25, 0.3) is 0 Å². The number of benzene rings is 1. The van der Waals surface area contributed by atoms with Gasteiger partial charge in [0.1, 0.15) is 5.75 Å². The number of ether oxygens (including phenoxy) is 1. The van der Waals surface area contributed by atoms with Crippen LogP contribution in [0.25, 0.3) is 0 Å². The van der Waals surface area contributed by atoms with Gasteiger partial charge < -0.3 is 10.1 Å². The monoisotopic (exact) mass is 265 g/mol. The van der Waals surface area contributed by atoms with Gasteiger partial charge in [0.05, 0.1) is 11.6 Å². The fourth-order valence-electron chi connectivity index (χ4n) is 2.59. The molecule has 0 radical (unpaired) electrons. The minimum atomic E-state index is 0.0820. The molecule has 1 heterocycles. The Morgan fingerprint density at radius 3 is 2.89 bits per heavy atom. The van der Waals surface area contributed by atoms with Crippen LogP contribution in [-0.4, -0.2) is 13.2 Å². The summed E-state index contributed by atoms with van der Waals surface area (Å²) >= 11 is 6.32. The Labute approximate surface area is 114 Å². The van der Waals surface area contributed by atoms with Crippen LogP contribution in [0.5, 0.6) is 5.75 Å². The van der Waals surface area contributed by atoms with E-state index in [4.69, 9.17) is 16.3 Å². The van der Waals surface area contributed by atoms with Crippen molar-refractivity contribution in [2.75, 3.05) is 13.2 Å². The van der Waals surface area contributed by atoms with E-state index in [1.165, 1.54) is 31.2 Å². The topological polar surface area (TPSA) is 21.3 Å². The maximum atomic E-state index is 6.32. The Kier molecular flexibility index (Phi) is 3.25. The highest BCUT2D eigenvalue weighted by molar-refractivity contribution is 6.32. The molecule has 1 aromatic rings. The number of hydrogen-bond acceptors (Lipinski definition) is 2. The third kappa shape index (κ3) is 2.50. The average molecular weight is 266 g/mol. The van der Waals surface area contributed by atoms with Gasteiger partial charge in [-0.05, 0) is 62.8 Å². The molecule has 0 bridgehead atoms. The van der Waals surface area contributed by atoms with Gasteiger partial charge in [-0.3, -0.25) is 0 Å². The van der Waals surface area contributed by atoms with Crippen molar-refractivity contribution >= 4 is 11.6 Å². The van der Waals surface area contributed by atoms with Gasteiger partial charge in [0.2, 0.25) is 0 Å². The lowest BCUT2D eigenvalue weighted by Gasteiger charge is -2.25. The highest BCUT2D eigenvalue weighted by Crippen LogP contribution is 2.36. The van der Waals surface area contributed by atoms with E-state index in [9.17, 15) is 0 Å². The zero-order valence-electron chi connectivity index (χ0n) is 10.8. The third-order valence-corrected chi connectivity index (χ3v) is 4.40. The second kappa shape index (κ2) is 4.75. The third-order valence-electron chi connectivity index (χ3n) is 4.11. The second-order valence-corrected chi connectivity index (χ2v) is 6.17. The molecular weight excluding hydrogens is 246 g/mol. The predicted octanol–water partition coefficient (Wildman–Crippen LogP) is 3.73. The summed E-state index contributed by atoms with van der Waals surface area (Å²) in [4.78, 5) is 0. The molecule has 1 aliphatic carbocycles. The molecule has 2 fully saturated rings. The maximum Gasteiger partial charge on any atom is 0.137 e. The standard InChI is InChI=1S/C15H20ClNO/c1-15(7-2-8-17-15)12-5-6-14(13(16)9-12)18-10-11-3-4-11/h5-6,9,11,17H,2-4,7-8,10H2,1H3. The lowest BCUT2D eigenvalue weighted by atomic mass is 9.90. The normalized spacial score (nSPS) is 27.4. The summed E-state index contributed by atoms with van der Waals surface area (Å²) in [6, 6.07) is 6.22. The van der Waals surface area contributed by atoms with Gasteiger partial charge in [-0.2, -0.15) is 0 Å². The molecule has 1 saturated heterocycles. The molecule has 1 aromatic carbocycles. The largest absolute Gasteiger partial charge is 0.492 e. The van der Waals surface area contributed by atoms with Crippen molar-refractivity contribution in [2.45, 2.75) is 38.1 Å². The first-order valence-electron chi connectivity index (χ1n) is 6.85. The molecule has 1 saturated carbocycles. The minimum Gasteiger partial charge on any atom is -0.492 e. The molecule has 3 rings (SSSR count). The molecule has 98 valence electrons. The van der Waals surface area contributed by atoms with Crippen LogP contribution in [0.2, 0.25) is 5.02 Å². The molecular formula is C15H20ClNO. The SMILES string of the molecule is CC1(c2ccc(OCC3CC3)c(Cl)c2)CCCN1. The van der Waals surface area contributed by atoms with Crippen LogP contribution in [-0.2, 0) is 5.54 Å². The molecule has 1 unspecified atom stereocenters. The Bertz CT molecular complexity index is 436. The fraction of sp³-hybridized carbons (Fsp3) is 0.600. The quantitative estimate of drug-likeness (QED) is 0.896. The second-order valence-electron chi connectivity index (χ2n) is 5.76. The van der Waals surface area contributed by atoms with E-state index in [2.05, 4.69) is 24.4 Å². The van der Waals surface area contributed by atoms with Crippen LogP contribution < -0.4 is 10.1 Å². The summed E-state index contributed by atoms with van der Waals surface area (Å²) in [5.41, 5.74) is 1.35. The Balaban J connectivity index is 1.74. The summed E-state index contributed by atoms with van der Waals surface area (Å²) in [7, 11) is 0. The van der Waals surface area contributed by atoms with Crippen LogP contribution in [0.15, 0.2) is 18.2 Å². The van der Waals surface area contributed by atoms with Crippen LogP contribution in [0.3, 0.4) is 0 Å². The summed E-state index contributed by atoms with van der Waals surface area (Å²) in [5, 5.41) is 4.30. The van der Waals surface area contributed by atoms with Crippen LogP contribution in [0, 0.1) is 5.92 Å². The van der Waals surface area contributed by atoms with Crippen molar-refractivity contribution in [1.82, 2.24) is 5.32 Å². The number of halogens is 1. The van der Waals surface area contributed by atoms with Gasteiger partial charge in [-0.25, -0.2) is 0 Å². The summed E-state index contributed by atoms with van der Waals surface area (Å²) in [6.45, 7) is 4.15. The van der Waals surface area contributed by atoms with Gasteiger partial charge >= 0.3 is 0 Å². The van der Waals surface area contributed by atoms with Crippen LogP contribution in [0.1, 0.15) is 38.2 Å². The molecule has 1 atom stereocenters. The molecule has 1 N–H and O–H groups in total. The van der Waals surface area contributed by atoms with Crippen molar-refractivity contribution in [3.05, 3.63) is 28.8 Å². The summed E-state index contributed by atoms with van der Waals surface area (Å²) in [6.07, 6.45) is 5.01. The van der Waals surface area contributed by atoms with Gasteiger partial charge in [-0.15, -0.1) is 0 Å². The number of rotatable bonds is 4. The first-order valence-corrected chi connectivity index (χ1v) is 7.23. The molecule has 18 heavy (non-hydrogen) atoms.